The zero-order chi connectivity index (χ0) is 27.3. The SMILES string of the molecule is Cc1ccc(C)c(C(C(=O)NC(C)C)N(C(=O)C(CC(C)C)NC(=O)OC(C)(C)C)C(C)(C)C)c1. The normalized spacial score (nSPS) is 13.9. The average Bonchev–Trinajstić information content (AvgIpc) is 2.63. The molecular weight excluding hydrogens is 442 g/mol. The Bertz CT molecular complexity index is 894. The molecule has 0 saturated heterocycles. The second kappa shape index (κ2) is 11.9. The van der Waals surface area contributed by atoms with Crippen LogP contribution in [-0.2, 0) is 14.3 Å². The van der Waals surface area contributed by atoms with Crippen molar-refractivity contribution in [2.24, 2.45) is 5.92 Å². The number of carbonyl (C=O) groups is 3. The lowest BCUT2D eigenvalue weighted by atomic mass is 9.91. The van der Waals surface area contributed by atoms with Gasteiger partial charge < -0.3 is 20.3 Å². The van der Waals surface area contributed by atoms with Gasteiger partial charge in [-0.05, 0) is 92.7 Å². The molecule has 7 nitrogen and oxygen atoms in total. The number of alkyl carbamates (subject to hydrolysis) is 1. The van der Waals surface area contributed by atoms with Gasteiger partial charge in [0, 0.05) is 11.6 Å². The van der Waals surface area contributed by atoms with Gasteiger partial charge in [0.25, 0.3) is 0 Å². The summed E-state index contributed by atoms with van der Waals surface area (Å²) in [6, 6.07) is 4.12. The molecule has 1 aromatic rings. The van der Waals surface area contributed by atoms with Gasteiger partial charge in [-0.3, -0.25) is 9.59 Å². The number of amides is 3. The smallest absolute Gasteiger partial charge is 0.408 e. The highest BCUT2D eigenvalue weighted by atomic mass is 16.6. The molecule has 2 unspecified atom stereocenters. The fourth-order valence-electron chi connectivity index (χ4n) is 3.97. The van der Waals surface area contributed by atoms with Gasteiger partial charge >= 0.3 is 6.09 Å². The molecule has 0 aliphatic rings. The highest BCUT2D eigenvalue weighted by Gasteiger charge is 2.42. The molecular formula is C28H47N3O4. The molecule has 198 valence electrons. The summed E-state index contributed by atoms with van der Waals surface area (Å²) in [7, 11) is 0. The van der Waals surface area contributed by atoms with Crippen molar-refractivity contribution in [3.05, 3.63) is 34.9 Å². The van der Waals surface area contributed by atoms with E-state index in [1.54, 1.807) is 25.7 Å². The summed E-state index contributed by atoms with van der Waals surface area (Å²) < 4.78 is 5.45. The molecule has 35 heavy (non-hydrogen) atoms. The number of nitrogens with zero attached hydrogens (tertiary/aromatic N) is 1. The van der Waals surface area contributed by atoms with Crippen molar-refractivity contribution >= 4 is 17.9 Å². The number of hydrogen-bond donors (Lipinski definition) is 2. The maximum Gasteiger partial charge on any atom is 0.408 e. The minimum atomic E-state index is -0.861. The van der Waals surface area contributed by atoms with E-state index in [1.807, 2.05) is 80.5 Å². The third-order valence-electron chi connectivity index (χ3n) is 5.32. The molecule has 0 heterocycles. The van der Waals surface area contributed by atoms with Crippen molar-refractivity contribution < 1.29 is 19.1 Å². The van der Waals surface area contributed by atoms with E-state index in [-0.39, 0.29) is 23.8 Å². The largest absolute Gasteiger partial charge is 0.444 e. The molecule has 3 amide bonds. The average molecular weight is 490 g/mol. The van der Waals surface area contributed by atoms with Gasteiger partial charge in [0.05, 0.1) is 0 Å². The lowest BCUT2D eigenvalue weighted by molar-refractivity contribution is -0.149. The van der Waals surface area contributed by atoms with Gasteiger partial charge in [-0.15, -0.1) is 0 Å². The van der Waals surface area contributed by atoms with Gasteiger partial charge in [-0.1, -0.05) is 37.6 Å². The molecule has 0 spiro atoms. The van der Waals surface area contributed by atoms with E-state index < -0.39 is 29.3 Å². The number of rotatable bonds is 8. The van der Waals surface area contributed by atoms with Crippen LogP contribution in [0.2, 0.25) is 0 Å². The van der Waals surface area contributed by atoms with E-state index in [4.69, 9.17) is 4.74 Å². The molecule has 7 heteroatoms. The summed E-state index contributed by atoms with van der Waals surface area (Å²) in [5.74, 6) is -0.441. The molecule has 1 rings (SSSR count). The zero-order valence-corrected chi connectivity index (χ0v) is 23.8. The molecule has 0 aromatic heterocycles. The van der Waals surface area contributed by atoms with E-state index in [1.165, 1.54) is 0 Å². The van der Waals surface area contributed by atoms with E-state index in [9.17, 15) is 14.4 Å². The molecule has 2 atom stereocenters. The van der Waals surface area contributed by atoms with Crippen LogP contribution in [-0.4, -0.2) is 46.0 Å². The Morgan fingerprint density at radius 2 is 1.51 bits per heavy atom. The predicted molar refractivity (Wildman–Crippen MR) is 141 cm³/mol. The maximum absolute atomic E-state index is 14.2. The topological polar surface area (TPSA) is 87.7 Å². The van der Waals surface area contributed by atoms with Crippen molar-refractivity contribution in [3.63, 3.8) is 0 Å². The summed E-state index contributed by atoms with van der Waals surface area (Å²) in [6.07, 6.45) is -0.240. The first-order valence-corrected chi connectivity index (χ1v) is 12.5. The monoisotopic (exact) mass is 489 g/mol. The van der Waals surface area contributed by atoms with Crippen LogP contribution in [0.1, 0.15) is 98.4 Å². The first-order valence-electron chi connectivity index (χ1n) is 12.5. The van der Waals surface area contributed by atoms with Gasteiger partial charge in [-0.2, -0.15) is 0 Å². The van der Waals surface area contributed by atoms with Gasteiger partial charge in [0.15, 0.2) is 0 Å². The third-order valence-corrected chi connectivity index (χ3v) is 5.32. The molecule has 0 radical (unpaired) electrons. The summed E-state index contributed by atoms with van der Waals surface area (Å²) in [5, 5.41) is 5.79. The minimum absolute atomic E-state index is 0.0987. The second-order valence-electron chi connectivity index (χ2n) is 12.1. The van der Waals surface area contributed by atoms with Crippen molar-refractivity contribution in [2.45, 2.75) is 119 Å². The Kier molecular flexibility index (Phi) is 10.4. The molecule has 0 fully saturated rings. The number of nitrogens with one attached hydrogen (secondary N) is 2. The number of aryl methyl sites for hydroxylation is 2. The van der Waals surface area contributed by atoms with E-state index in [0.29, 0.717) is 6.42 Å². The predicted octanol–water partition coefficient (Wildman–Crippen LogP) is 5.44. The molecule has 1 aromatic carbocycles. The van der Waals surface area contributed by atoms with Crippen LogP contribution < -0.4 is 10.6 Å². The maximum atomic E-state index is 14.2. The van der Waals surface area contributed by atoms with Gasteiger partial charge in [-0.25, -0.2) is 4.79 Å². The van der Waals surface area contributed by atoms with E-state index in [2.05, 4.69) is 10.6 Å². The van der Waals surface area contributed by atoms with Gasteiger partial charge in [0.1, 0.15) is 17.7 Å². The van der Waals surface area contributed by atoms with Crippen molar-refractivity contribution in [2.75, 3.05) is 0 Å². The lowest BCUT2D eigenvalue weighted by Crippen LogP contribution is -2.59. The molecule has 0 aliphatic carbocycles. The fourth-order valence-corrected chi connectivity index (χ4v) is 3.97. The summed E-state index contributed by atoms with van der Waals surface area (Å²) >= 11 is 0. The molecule has 2 N–H and O–H groups in total. The quantitative estimate of drug-likeness (QED) is 0.509. The Hall–Kier alpha value is -2.57. The molecule has 0 saturated carbocycles. The highest BCUT2D eigenvalue weighted by Crippen LogP contribution is 2.33. The van der Waals surface area contributed by atoms with E-state index in [0.717, 1.165) is 16.7 Å². The first kappa shape index (κ1) is 30.5. The first-order chi connectivity index (χ1) is 15.8. The van der Waals surface area contributed by atoms with Crippen molar-refractivity contribution in [1.82, 2.24) is 15.5 Å². The Labute approximate surface area is 212 Å². The van der Waals surface area contributed by atoms with Crippen LogP contribution in [0.5, 0.6) is 0 Å². The second-order valence-corrected chi connectivity index (χ2v) is 12.1. The lowest BCUT2D eigenvalue weighted by Gasteiger charge is -2.43. The van der Waals surface area contributed by atoms with Crippen LogP contribution in [0.25, 0.3) is 0 Å². The molecule has 0 aliphatic heterocycles. The Balaban J connectivity index is 3.64. The van der Waals surface area contributed by atoms with E-state index >= 15 is 0 Å². The summed E-state index contributed by atoms with van der Waals surface area (Å²) in [6.45, 7) is 22.7. The third kappa shape index (κ3) is 9.54. The van der Waals surface area contributed by atoms with Crippen LogP contribution in [0, 0.1) is 19.8 Å². The number of carbonyl (C=O) groups excluding carboxylic acids is 3. The Morgan fingerprint density at radius 1 is 0.943 bits per heavy atom. The van der Waals surface area contributed by atoms with Crippen LogP contribution in [0.3, 0.4) is 0 Å². The van der Waals surface area contributed by atoms with Crippen LogP contribution in [0.15, 0.2) is 18.2 Å². The number of ether oxygens (including phenoxy) is 1. The fraction of sp³-hybridized carbons (Fsp3) is 0.679. The molecule has 0 bridgehead atoms. The summed E-state index contributed by atoms with van der Waals surface area (Å²) in [5.41, 5.74) is 1.28. The van der Waals surface area contributed by atoms with Crippen LogP contribution in [0.4, 0.5) is 4.79 Å². The number of benzene rings is 1. The minimum Gasteiger partial charge on any atom is -0.444 e. The van der Waals surface area contributed by atoms with Gasteiger partial charge in [0.2, 0.25) is 11.8 Å². The van der Waals surface area contributed by atoms with Crippen molar-refractivity contribution in [3.8, 4) is 0 Å². The number of hydrogen-bond acceptors (Lipinski definition) is 4. The standard InChI is InChI=1S/C28H47N3O4/c1-17(2)15-22(30-26(34)35-28(10,11)12)25(33)31(27(7,8)9)23(24(32)29-18(3)4)21-16-19(5)13-14-20(21)6/h13-14,16-18,22-23H,15H2,1-12H3,(H,29,32)(H,30,34). The van der Waals surface area contributed by atoms with Crippen molar-refractivity contribution in [1.29, 1.82) is 0 Å². The summed E-state index contributed by atoms with van der Waals surface area (Å²) in [4.78, 5) is 42.1. The highest BCUT2D eigenvalue weighted by molar-refractivity contribution is 5.93. The zero-order valence-electron chi connectivity index (χ0n) is 23.8. The van der Waals surface area contributed by atoms with Crippen LogP contribution >= 0.6 is 0 Å². The Morgan fingerprint density at radius 3 is 1.97 bits per heavy atom.